The molecule has 1 heterocycles. The van der Waals surface area contributed by atoms with Crippen LogP contribution in [-0.2, 0) is 0 Å². The Balaban J connectivity index is 2.32. The molecule has 1 atom stereocenters. The summed E-state index contributed by atoms with van der Waals surface area (Å²) in [6.45, 7) is 4.08. The van der Waals surface area contributed by atoms with Crippen LogP contribution in [-0.4, -0.2) is 9.55 Å². The van der Waals surface area contributed by atoms with Gasteiger partial charge in [-0.2, -0.15) is 0 Å². The Morgan fingerprint density at radius 3 is 2.47 bits per heavy atom. The van der Waals surface area contributed by atoms with Crippen LogP contribution >= 0.6 is 0 Å². The lowest BCUT2D eigenvalue weighted by atomic mass is 10.1. The molecule has 2 nitrogen and oxygen atoms in total. The third-order valence-electron chi connectivity index (χ3n) is 2.63. The Hall–Kier alpha value is -1.64. The van der Waals surface area contributed by atoms with Crippen molar-refractivity contribution in [2.45, 2.75) is 19.9 Å². The van der Waals surface area contributed by atoms with Crippen molar-refractivity contribution in [1.29, 1.82) is 0 Å². The van der Waals surface area contributed by atoms with Gasteiger partial charge in [-0.3, -0.25) is 0 Å². The molecule has 1 unspecified atom stereocenters. The van der Waals surface area contributed by atoms with Crippen LogP contribution in [0.1, 0.15) is 24.2 Å². The summed E-state index contributed by atoms with van der Waals surface area (Å²) >= 11 is 0. The van der Waals surface area contributed by atoms with E-state index in [2.05, 4.69) is 16.5 Å². The Morgan fingerprint density at radius 1 is 1.27 bits per heavy atom. The minimum Gasteiger partial charge on any atom is -0.328 e. The highest BCUT2D eigenvalue weighted by Gasteiger charge is 2.08. The zero-order valence-corrected chi connectivity index (χ0v) is 8.81. The van der Waals surface area contributed by atoms with Gasteiger partial charge in [0.1, 0.15) is 5.82 Å². The maximum atomic E-state index is 12.8. The van der Waals surface area contributed by atoms with E-state index in [0.717, 1.165) is 11.3 Å². The summed E-state index contributed by atoms with van der Waals surface area (Å²) in [5, 5.41) is 0. The first-order valence-electron chi connectivity index (χ1n) is 4.92. The standard InChI is InChI=1S/C12H13FN2/c1-9-7-14-8-15(9)10(2)11-3-5-12(13)6-4-11/h3-8,10H,1-2H3. The molecule has 0 N–H and O–H groups in total. The predicted octanol–water partition coefficient (Wildman–Crippen LogP) is 2.94. The first-order chi connectivity index (χ1) is 7.18. The Bertz CT molecular complexity index is 445. The van der Waals surface area contributed by atoms with Crippen molar-refractivity contribution in [3.05, 3.63) is 53.9 Å². The molecule has 0 saturated carbocycles. The molecule has 0 amide bonds. The van der Waals surface area contributed by atoms with Crippen molar-refractivity contribution in [2.24, 2.45) is 0 Å². The number of rotatable bonds is 2. The van der Waals surface area contributed by atoms with Crippen LogP contribution in [0.2, 0.25) is 0 Å². The molecule has 2 aromatic rings. The summed E-state index contributed by atoms with van der Waals surface area (Å²) < 4.78 is 14.8. The maximum absolute atomic E-state index is 12.8. The number of nitrogens with zero attached hydrogens (tertiary/aromatic N) is 2. The Labute approximate surface area is 88.4 Å². The number of hydrogen-bond acceptors (Lipinski definition) is 1. The fourth-order valence-electron chi connectivity index (χ4n) is 1.68. The van der Waals surface area contributed by atoms with Crippen LogP contribution in [0.4, 0.5) is 4.39 Å². The number of benzene rings is 1. The lowest BCUT2D eigenvalue weighted by molar-refractivity contribution is 0.608. The van der Waals surface area contributed by atoms with Crippen molar-refractivity contribution in [3.8, 4) is 0 Å². The van der Waals surface area contributed by atoms with Gasteiger partial charge in [-0.1, -0.05) is 12.1 Å². The van der Waals surface area contributed by atoms with Gasteiger partial charge >= 0.3 is 0 Å². The normalized spacial score (nSPS) is 12.7. The van der Waals surface area contributed by atoms with E-state index >= 15 is 0 Å². The highest BCUT2D eigenvalue weighted by atomic mass is 19.1. The van der Waals surface area contributed by atoms with E-state index in [1.54, 1.807) is 18.5 Å². The molecule has 0 saturated heterocycles. The molecule has 3 heteroatoms. The van der Waals surface area contributed by atoms with Gasteiger partial charge in [-0.25, -0.2) is 9.37 Å². The molecule has 15 heavy (non-hydrogen) atoms. The number of aromatic nitrogens is 2. The zero-order chi connectivity index (χ0) is 10.8. The SMILES string of the molecule is Cc1cncn1C(C)c1ccc(F)cc1. The molecule has 0 aliphatic carbocycles. The predicted molar refractivity (Wildman–Crippen MR) is 57.2 cm³/mol. The minimum atomic E-state index is -0.201. The molecule has 0 aliphatic rings. The van der Waals surface area contributed by atoms with Crippen LogP contribution in [0.5, 0.6) is 0 Å². The van der Waals surface area contributed by atoms with E-state index < -0.39 is 0 Å². The highest BCUT2D eigenvalue weighted by molar-refractivity contribution is 5.21. The molecule has 0 aliphatic heterocycles. The summed E-state index contributed by atoms with van der Waals surface area (Å²) in [7, 11) is 0. The molecular weight excluding hydrogens is 191 g/mol. The van der Waals surface area contributed by atoms with E-state index in [4.69, 9.17) is 0 Å². The van der Waals surface area contributed by atoms with E-state index in [1.807, 2.05) is 13.1 Å². The second-order valence-corrected chi connectivity index (χ2v) is 3.67. The van der Waals surface area contributed by atoms with Crippen molar-refractivity contribution in [1.82, 2.24) is 9.55 Å². The highest BCUT2D eigenvalue weighted by Crippen LogP contribution is 2.19. The largest absolute Gasteiger partial charge is 0.328 e. The maximum Gasteiger partial charge on any atom is 0.123 e. The molecule has 0 fully saturated rings. The summed E-state index contributed by atoms with van der Waals surface area (Å²) in [5.41, 5.74) is 2.18. The Kier molecular flexibility index (Phi) is 2.54. The summed E-state index contributed by atoms with van der Waals surface area (Å²) in [6.07, 6.45) is 3.61. The van der Waals surface area contributed by atoms with Crippen molar-refractivity contribution < 1.29 is 4.39 Å². The number of hydrogen-bond donors (Lipinski definition) is 0. The average Bonchev–Trinajstić information content (AvgIpc) is 2.65. The third kappa shape index (κ3) is 1.91. The van der Waals surface area contributed by atoms with Crippen LogP contribution in [0.25, 0.3) is 0 Å². The van der Waals surface area contributed by atoms with Crippen LogP contribution in [0, 0.1) is 12.7 Å². The summed E-state index contributed by atoms with van der Waals surface area (Å²) in [6, 6.07) is 6.77. The lowest BCUT2D eigenvalue weighted by Crippen LogP contribution is -2.06. The minimum absolute atomic E-state index is 0.188. The summed E-state index contributed by atoms with van der Waals surface area (Å²) in [4.78, 5) is 4.07. The van der Waals surface area contributed by atoms with Crippen molar-refractivity contribution in [2.75, 3.05) is 0 Å². The van der Waals surface area contributed by atoms with Crippen LogP contribution in [0.15, 0.2) is 36.8 Å². The van der Waals surface area contributed by atoms with Gasteiger partial charge in [0.2, 0.25) is 0 Å². The molecule has 78 valence electrons. The van der Waals surface area contributed by atoms with Crippen LogP contribution < -0.4 is 0 Å². The van der Waals surface area contributed by atoms with Gasteiger partial charge < -0.3 is 4.57 Å². The second kappa shape index (κ2) is 3.85. The molecule has 2 rings (SSSR count). The monoisotopic (exact) mass is 204 g/mol. The first-order valence-corrected chi connectivity index (χ1v) is 4.92. The van der Waals surface area contributed by atoms with E-state index in [-0.39, 0.29) is 11.9 Å². The van der Waals surface area contributed by atoms with E-state index in [0.29, 0.717) is 0 Å². The fourth-order valence-corrected chi connectivity index (χ4v) is 1.68. The topological polar surface area (TPSA) is 17.8 Å². The molecule has 1 aromatic heterocycles. The quantitative estimate of drug-likeness (QED) is 0.735. The van der Waals surface area contributed by atoms with Crippen LogP contribution in [0.3, 0.4) is 0 Å². The van der Waals surface area contributed by atoms with Gasteiger partial charge in [-0.15, -0.1) is 0 Å². The fraction of sp³-hybridized carbons (Fsp3) is 0.250. The van der Waals surface area contributed by atoms with E-state index in [9.17, 15) is 4.39 Å². The average molecular weight is 204 g/mol. The third-order valence-corrected chi connectivity index (χ3v) is 2.63. The molecule has 1 aromatic carbocycles. The number of imidazole rings is 1. The first kappa shape index (κ1) is 9.90. The number of halogens is 1. The number of aryl methyl sites for hydroxylation is 1. The Morgan fingerprint density at radius 2 is 1.93 bits per heavy atom. The van der Waals surface area contributed by atoms with Crippen molar-refractivity contribution in [3.63, 3.8) is 0 Å². The van der Waals surface area contributed by atoms with Gasteiger partial charge in [-0.05, 0) is 31.5 Å². The van der Waals surface area contributed by atoms with Gasteiger partial charge in [0, 0.05) is 11.9 Å². The zero-order valence-electron chi connectivity index (χ0n) is 8.81. The smallest absolute Gasteiger partial charge is 0.123 e. The summed E-state index contributed by atoms with van der Waals surface area (Å²) in [5.74, 6) is -0.201. The lowest BCUT2D eigenvalue weighted by Gasteiger charge is -2.15. The van der Waals surface area contributed by atoms with Gasteiger partial charge in [0.05, 0.1) is 12.4 Å². The molecule has 0 spiro atoms. The van der Waals surface area contributed by atoms with E-state index in [1.165, 1.54) is 12.1 Å². The molecule has 0 radical (unpaired) electrons. The molecular formula is C12H13FN2. The van der Waals surface area contributed by atoms with Gasteiger partial charge in [0.15, 0.2) is 0 Å². The van der Waals surface area contributed by atoms with Crippen molar-refractivity contribution >= 4 is 0 Å². The molecule has 0 bridgehead atoms. The van der Waals surface area contributed by atoms with Gasteiger partial charge in [0.25, 0.3) is 0 Å². The second-order valence-electron chi connectivity index (χ2n) is 3.67.